The van der Waals surface area contributed by atoms with Gasteiger partial charge in [-0.05, 0) is 36.3 Å². The molecule has 21 heavy (non-hydrogen) atoms. The van der Waals surface area contributed by atoms with E-state index in [4.69, 9.17) is 0 Å². The number of rotatable bonds is 3. The van der Waals surface area contributed by atoms with E-state index >= 15 is 0 Å². The van der Waals surface area contributed by atoms with Crippen molar-refractivity contribution in [2.45, 2.75) is 31.6 Å². The molecule has 0 saturated heterocycles. The third-order valence-corrected chi connectivity index (χ3v) is 5.97. The summed E-state index contributed by atoms with van der Waals surface area (Å²) >= 11 is 0. The Hall–Kier alpha value is -1.82. The highest BCUT2D eigenvalue weighted by molar-refractivity contribution is 5.45. The Morgan fingerprint density at radius 3 is 1.86 bits per heavy atom. The first-order valence-corrected chi connectivity index (χ1v) is 8.05. The van der Waals surface area contributed by atoms with Gasteiger partial charge in [0.2, 0.25) is 0 Å². The minimum atomic E-state index is 0.0667. The molecule has 0 spiro atoms. The van der Waals surface area contributed by atoms with E-state index in [2.05, 4.69) is 79.7 Å². The number of hydrogen-bond acceptors (Lipinski definition) is 0. The van der Waals surface area contributed by atoms with Crippen LogP contribution in [0.4, 0.5) is 0 Å². The molecule has 0 aliphatic heterocycles. The zero-order valence-corrected chi connectivity index (χ0v) is 12.6. The van der Waals surface area contributed by atoms with Gasteiger partial charge in [-0.1, -0.05) is 79.7 Å². The Bertz CT molecular complexity index is 613. The van der Waals surface area contributed by atoms with Gasteiger partial charge in [-0.2, -0.15) is 0 Å². The first kappa shape index (κ1) is 12.9. The fraction of sp³-hybridized carbons (Fsp3) is 0.333. The van der Waals surface area contributed by atoms with Crippen molar-refractivity contribution in [1.29, 1.82) is 0 Å². The maximum Gasteiger partial charge on any atom is 0.0265 e. The molecule has 1 fully saturated rings. The number of hydrogen-bond donors (Lipinski definition) is 0. The van der Waals surface area contributed by atoms with E-state index in [-0.39, 0.29) is 5.41 Å². The van der Waals surface area contributed by atoms with Crippen LogP contribution in [0.15, 0.2) is 72.8 Å². The van der Waals surface area contributed by atoms with Gasteiger partial charge in [0.05, 0.1) is 0 Å². The fourth-order valence-corrected chi connectivity index (χ4v) is 4.66. The maximum atomic E-state index is 2.53. The Morgan fingerprint density at radius 2 is 1.48 bits per heavy atom. The average Bonchev–Trinajstić information content (AvgIpc) is 3.18. The summed E-state index contributed by atoms with van der Waals surface area (Å²) in [5, 5.41) is 0. The van der Waals surface area contributed by atoms with E-state index in [0.29, 0.717) is 5.41 Å². The lowest BCUT2D eigenvalue weighted by atomic mass is 9.57. The number of fused-ring (bicyclic) bond motifs is 2. The van der Waals surface area contributed by atoms with E-state index in [1.165, 1.54) is 30.4 Å². The van der Waals surface area contributed by atoms with E-state index in [1.807, 2.05) is 0 Å². The molecule has 1 saturated carbocycles. The van der Waals surface area contributed by atoms with Crippen LogP contribution in [-0.4, -0.2) is 0 Å². The first-order chi connectivity index (χ1) is 10.2. The second kappa shape index (κ2) is 4.59. The Balaban J connectivity index is 1.94. The molecule has 0 heteroatoms. The van der Waals surface area contributed by atoms with Gasteiger partial charge in [-0.3, -0.25) is 0 Å². The van der Waals surface area contributed by atoms with Crippen LogP contribution in [0.2, 0.25) is 0 Å². The molecule has 2 aromatic rings. The molecule has 0 radical (unpaired) electrons. The van der Waals surface area contributed by atoms with Crippen molar-refractivity contribution in [2.24, 2.45) is 11.3 Å². The van der Waals surface area contributed by atoms with Crippen LogP contribution in [0.5, 0.6) is 0 Å². The standard InChI is InChI=1S/C21H22/c1-20(18-8-4-2-5-9-18,19-10-6-3-7-11-19)21-14-12-17(16-21)13-15-21/h2-12,14,17H,13,15-16H2,1H3. The van der Waals surface area contributed by atoms with Gasteiger partial charge in [-0.25, -0.2) is 0 Å². The quantitative estimate of drug-likeness (QED) is 0.662. The van der Waals surface area contributed by atoms with E-state index in [9.17, 15) is 0 Å². The van der Waals surface area contributed by atoms with E-state index in [1.54, 1.807) is 0 Å². The SMILES string of the molecule is CC(c1ccccc1)(c1ccccc1)C12C=CC(CC1)C2. The van der Waals surface area contributed by atoms with E-state index < -0.39 is 0 Å². The molecule has 2 unspecified atom stereocenters. The summed E-state index contributed by atoms with van der Waals surface area (Å²) in [6.45, 7) is 2.45. The van der Waals surface area contributed by atoms with Crippen molar-refractivity contribution in [3.8, 4) is 0 Å². The molecule has 2 bridgehead atoms. The minimum Gasteiger partial charge on any atom is -0.0848 e. The largest absolute Gasteiger partial charge is 0.0848 e. The topological polar surface area (TPSA) is 0 Å². The highest BCUT2D eigenvalue weighted by Crippen LogP contribution is 2.61. The van der Waals surface area contributed by atoms with Crippen molar-refractivity contribution in [2.75, 3.05) is 0 Å². The molecule has 0 amide bonds. The van der Waals surface area contributed by atoms with Crippen molar-refractivity contribution in [3.05, 3.63) is 83.9 Å². The third kappa shape index (κ3) is 1.75. The monoisotopic (exact) mass is 274 g/mol. The zero-order chi connectivity index (χ0) is 14.3. The molecule has 4 rings (SSSR count). The number of allylic oxidation sites excluding steroid dienone is 2. The number of benzene rings is 2. The molecule has 2 aromatic carbocycles. The average molecular weight is 274 g/mol. The van der Waals surface area contributed by atoms with Crippen LogP contribution in [0.1, 0.15) is 37.3 Å². The van der Waals surface area contributed by atoms with Gasteiger partial charge in [0.25, 0.3) is 0 Å². The van der Waals surface area contributed by atoms with Crippen LogP contribution < -0.4 is 0 Å². The highest BCUT2D eigenvalue weighted by Gasteiger charge is 2.54. The predicted molar refractivity (Wildman–Crippen MR) is 88.3 cm³/mol. The molecule has 0 N–H and O–H groups in total. The van der Waals surface area contributed by atoms with Crippen molar-refractivity contribution < 1.29 is 0 Å². The van der Waals surface area contributed by atoms with Crippen molar-refractivity contribution in [3.63, 3.8) is 0 Å². The Kier molecular flexibility index (Phi) is 2.82. The highest BCUT2D eigenvalue weighted by atomic mass is 14.6. The zero-order valence-electron chi connectivity index (χ0n) is 12.6. The van der Waals surface area contributed by atoms with Gasteiger partial charge in [0, 0.05) is 10.8 Å². The lowest BCUT2D eigenvalue weighted by molar-refractivity contribution is 0.247. The molecular weight excluding hydrogens is 252 g/mol. The summed E-state index contributed by atoms with van der Waals surface area (Å²) in [6, 6.07) is 22.2. The van der Waals surface area contributed by atoms with Gasteiger partial charge < -0.3 is 0 Å². The van der Waals surface area contributed by atoms with Crippen molar-refractivity contribution >= 4 is 0 Å². The van der Waals surface area contributed by atoms with Crippen LogP contribution in [0, 0.1) is 11.3 Å². The van der Waals surface area contributed by atoms with Crippen LogP contribution >= 0.6 is 0 Å². The third-order valence-electron chi connectivity index (χ3n) is 5.97. The Labute approximate surface area is 127 Å². The summed E-state index contributed by atoms with van der Waals surface area (Å²) < 4.78 is 0. The molecule has 0 heterocycles. The molecule has 0 nitrogen and oxygen atoms in total. The molecule has 2 aliphatic rings. The van der Waals surface area contributed by atoms with Crippen LogP contribution in [0.25, 0.3) is 0 Å². The van der Waals surface area contributed by atoms with Gasteiger partial charge >= 0.3 is 0 Å². The second-order valence-electron chi connectivity index (χ2n) is 6.88. The first-order valence-electron chi connectivity index (χ1n) is 8.05. The Morgan fingerprint density at radius 1 is 0.905 bits per heavy atom. The summed E-state index contributed by atoms with van der Waals surface area (Å²) in [7, 11) is 0. The van der Waals surface area contributed by atoms with Crippen LogP contribution in [-0.2, 0) is 5.41 Å². The molecule has 0 aromatic heterocycles. The molecule has 2 aliphatic carbocycles. The van der Waals surface area contributed by atoms with Crippen molar-refractivity contribution in [1.82, 2.24) is 0 Å². The van der Waals surface area contributed by atoms with Gasteiger partial charge in [0.1, 0.15) is 0 Å². The van der Waals surface area contributed by atoms with Gasteiger partial charge in [-0.15, -0.1) is 0 Å². The lowest BCUT2D eigenvalue weighted by Gasteiger charge is -2.45. The predicted octanol–water partition coefficient (Wildman–Crippen LogP) is 5.35. The van der Waals surface area contributed by atoms with Crippen LogP contribution in [0.3, 0.4) is 0 Å². The smallest absolute Gasteiger partial charge is 0.0265 e. The summed E-state index contributed by atoms with van der Waals surface area (Å²) in [5.74, 6) is 0.803. The molecular formula is C21H22. The molecule has 106 valence electrons. The normalized spacial score (nSPS) is 27.2. The summed E-state index contributed by atoms with van der Waals surface area (Å²) in [6.07, 6.45) is 8.97. The summed E-state index contributed by atoms with van der Waals surface area (Å²) in [5.41, 5.74) is 3.25. The minimum absolute atomic E-state index is 0.0667. The molecule has 2 atom stereocenters. The second-order valence-corrected chi connectivity index (χ2v) is 6.88. The summed E-state index contributed by atoms with van der Waals surface area (Å²) in [4.78, 5) is 0. The maximum absolute atomic E-state index is 2.53. The van der Waals surface area contributed by atoms with Gasteiger partial charge in [0.15, 0.2) is 0 Å². The van der Waals surface area contributed by atoms with E-state index in [0.717, 1.165) is 5.92 Å². The fourth-order valence-electron chi connectivity index (χ4n) is 4.66. The lowest BCUT2D eigenvalue weighted by Crippen LogP contribution is -2.41.